The van der Waals surface area contributed by atoms with Crippen LogP contribution in [0.5, 0.6) is 5.75 Å². The van der Waals surface area contributed by atoms with E-state index in [9.17, 15) is 9.90 Å². The number of aliphatic hydroxyl groups excluding tert-OH is 1. The molecule has 1 heterocycles. The van der Waals surface area contributed by atoms with E-state index in [2.05, 4.69) is 17.1 Å². The van der Waals surface area contributed by atoms with Crippen LogP contribution < -0.4 is 10.1 Å². The molecule has 0 bridgehead atoms. The third-order valence-corrected chi connectivity index (χ3v) is 3.80. The number of ether oxygens (including phenoxy) is 2. The Balaban J connectivity index is 1.77. The summed E-state index contributed by atoms with van der Waals surface area (Å²) < 4.78 is 11.2. The van der Waals surface area contributed by atoms with Crippen molar-refractivity contribution in [1.29, 1.82) is 0 Å². The zero-order valence-corrected chi connectivity index (χ0v) is 14.0. The Morgan fingerprint density at radius 3 is 2.78 bits per heavy atom. The van der Waals surface area contributed by atoms with Crippen LogP contribution in [0.3, 0.4) is 0 Å². The molecule has 0 saturated carbocycles. The van der Waals surface area contributed by atoms with E-state index in [1.54, 1.807) is 24.3 Å². The number of aliphatic hydroxyl groups is 1. The summed E-state index contributed by atoms with van der Waals surface area (Å²) in [5.41, 5.74) is 0.724. The van der Waals surface area contributed by atoms with E-state index in [-0.39, 0.29) is 18.6 Å². The van der Waals surface area contributed by atoms with Crippen molar-refractivity contribution in [2.75, 3.05) is 31.6 Å². The zero-order valence-electron chi connectivity index (χ0n) is 14.0. The van der Waals surface area contributed by atoms with Gasteiger partial charge in [0.15, 0.2) is 0 Å². The Kier molecular flexibility index (Phi) is 6.38. The van der Waals surface area contributed by atoms with Crippen LogP contribution in [0.1, 0.15) is 20.8 Å². The molecule has 23 heavy (non-hydrogen) atoms. The molecule has 2 rings (SSSR count). The summed E-state index contributed by atoms with van der Waals surface area (Å²) in [6.07, 6.45) is -0.363. The van der Waals surface area contributed by atoms with E-state index in [4.69, 9.17) is 9.47 Å². The minimum Gasteiger partial charge on any atom is -0.491 e. The van der Waals surface area contributed by atoms with Gasteiger partial charge in [0.2, 0.25) is 5.91 Å². The Hall–Kier alpha value is -1.63. The first-order valence-corrected chi connectivity index (χ1v) is 7.98. The summed E-state index contributed by atoms with van der Waals surface area (Å²) in [5, 5.41) is 12.9. The first-order valence-electron chi connectivity index (χ1n) is 7.98. The number of nitrogens with one attached hydrogen (secondary N) is 1. The maximum absolute atomic E-state index is 11.0. The van der Waals surface area contributed by atoms with Gasteiger partial charge in [0, 0.05) is 31.7 Å². The topological polar surface area (TPSA) is 71.0 Å². The van der Waals surface area contributed by atoms with Crippen LogP contribution in [0, 0.1) is 0 Å². The van der Waals surface area contributed by atoms with Crippen LogP contribution in [0.25, 0.3) is 0 Å². The van der Waals surface area contributed by atoms with Crippen molar-refractivity contribution in [3.05, 3.63) is 24.3 Å². The molecule has 1 aliphatic rings. The van der Waals surface area contributed by atoms with Gasteiger partial charge in [-0.1, -0.05) is 0 Å². The van der Waals surface area contributed by atoms with Gasteiger partial charge in [-0.2, -0.15) is 0 Å². The summed E-state index contributed by atoms with van der Waals surface area (Å²) in [6, 6.07) is 7.40. The van der Waals surface area contributed by atoms with Crippen molar-refractivity contribution in [2.45, 2.75) is 39.0 Å². The number of carbonyl (C=O) groups excluding carboxylic acids is 1. The zero-order chi connectivity index (χ0) is 16.8. The molecule has 1 aromatic carbocycles. The summed E-state index contributed by atoms with van der Waals surface area (Å²) in [4.78, 5) is 13.2. The molecule has 1 amide bonds. The Labute approximate surface area is 137 Å². The van der Waals surface area contributed by atoms with Crippen LogP contribution in [-0.4, -0.2) is 60.5 Å². The summed E-state index contributed by atoms with van der Waals surface area (Å²) >= 11 is 0. The minimum absolute atomic E-state index is 0.108. The number of carbonyl (C=O) groups is 1. The molecule has 1 aliphatic heterocycles. The molecule has 6 nitrogen and oxygen atoms in total. The average molecular weight is 322 g/mol. The quantitative estimate of drug-likeness (QED) is 0.830. The largest absolute Gasteiger partial charge is 0.491 e. The van der Waals surface area contributed by atoms with Crippen LogP contribution in [0.2, 0.25) is 0 Å². The van der Waals surface area contributed by atoms with Gasteiger partial charge < -0.3 is 19.9 Å². The molecule has 0 aliphatic carbocycles. The highest BCUT2D eigenvalue weighted by atomic mass is 16.5. The van der Waals surface area contributed by atoms with E-state index in [0.717, 1.165) is 12.2 Å². The second kappa shape index (κ2) is 8.29. The number of benzene rings is 1. The molecular formula is C17H26N2O4. The number of anilines is 1. The lowest BCUT2D eigenvalue weighted by Gasteiger charge is -2.37. The molecule has 128 valence electrons. The molecule has 3 atom stereocenters. The van der Waals surface area contributed by atoms with Crippen molar-refractivity contribution < 1.29 is 19.4 Å². The van der Waals surface area contributed by atoms with Gasteiger partial charge in [0.1, 0.15) is 18.5 Å². The van der Waals surface area contributed by atoms with Crippen LogP contribution in [-0.2, 0) is 9.53 Å². The van der Waals surface area contributed by atoms with Crippen LogP contribution in [0.15, 0.2) is 24.3 Å². The van der Waals surface area contributed by atoms with E-state index in [0.29, 0.717) is 24.9 Å². The van der Waals surface area contributed by atoms with Gasteiger partial charge in [-0.05, 0) is 38.1 Å². The SMILES string of the molecule is CC(=O)Nc1ccc(OC[C@H](O)CN2C[C@@H](C)OC[C@H]2C)cc1. The molecule has 0 radical (unpaired) electrons. The summed E-state index contributed by atoms with van der Waals surface area (Å²) in [5.74, 6) is 0.560. The van der Waals surface area contributed by atoms with Crippen LogP contribution >= 0.6 is 0 Å². The lowest BCUT2D eigenvalue weighted by molar-refractivity contribution is -0.114. The summed E-state index contributed by atoms with van der Waals surface area (Å²) in [6.45, 7) is 7.92. The fourth-order valence-corrected chi connectivity index (χ4v) is 2.58. The predicted molar refractivity (Wildman–Crippen MR) is 88.7 cm³/mol. The third-order valence-electron chi connectivity index (χ3n) is 3.80. The highest BCUT2D eigenvalue weighted by molar-refractivity contribution is 5.88. The summed E-state index contributed by atoms with van der Waals surface area (Å²) in [7, 11) is 0. The number of nitrogens with zero attached hydrogens (tertiary/aromatic N) is 1. The third kappa shape index (κ3) is 5.82. The number of hydrogen-bond acceptors (Lipinski definition) is 5. The first-order chi connectivity index (χ1) is 10.9. The number of β-amino-alcohol motifs (C(OH)–C–C–N with tert-alkyl or cyclic N) is 1. The molecule has 1 saturated heterocycles. The Morgan fingerprint density at radius 2 is 2.13 bits per heavy atom. The van der Waals surface area contributed by atoms with Crippen molar-refractivity contribution in [3.63, 3.8) is 0 Å². The number of rotatable bonds is 6. The van der Waals surface area contributed by atoms with Gasteiger partial charge >= 0.3 is 0 Å². The second-order valence-corrected chi connectivity index (χ2v) is 6.12. The van der Waals surface area contributed by atoms with Crippen molar-refractivity contribution >= 4 is 11.6 Å². The molecule has 1 fully saturated rings. The molecule has 0 aromatic heterocycles. The first kappa shape index (κ1) is 17.7. The lowest BCUT2D eigenvalue weighted by Crippen LogP contribution is -2.50. The average Bonchev–Trinajstić information content (AvgIpc) is 2.50. The van der Waals surface area contributed by atoms with Crippen LogP contribution in [0.4, 0.5) is 5.69 Å². The fraction of sp³-hybridized carbons (Fsp3) is 0.588. The van der Waals surface area contributed by atoms with Crippen molar-refractivity contribution in [3.8, 4) is 5.75 Å². The van der Waals surface area contributed by atoms with Crippen molar-refractivity contribution in [1.82, 2.24) is 4.90 Å². The number of amides is 1. The fourth-order valence-electron chi connectivity index (χ4n) is 2.58. The van der Waals surface area contributed by atoms with Gasteiger partial charge in [-0.25, -0.2) is 0 Å². The van der Waals surface area contributed by atoms with Gasteiger partial charge in [0.05, 0.1) is 12.7 Å². The predicted octanol–water partition coefficient (Wildman–Crippen LogP) is 1.49. The maximum Gasteiger partial charge on any atom is 0.221 e. The highest BCUT2D eigenvalue weighted by Gasteiger charge is 2.25. The molecule has 0 spiro atoms. The minimum atomic E-state index is -0.558. The highest BCUT2D eigenvalue weighted by Crippen LogP contribution is 2.16. The maximum atomic E-state index is 11.0. The van der Waals surface area contributed by atoms with E-state index in [1.165, 1.54) is 6.92 Å². The molecular weight excluding hydrogens is 296 g/mol. The van der Waals surface area contributed by atoms with Gasteiger partial charge in [0.25, 0.3) is 0 Å². The van der Waals surface area contributed by atoms with Gasteiger partial charge in [-0.3, -0.25) is 9.69 Å². The van der Waals surface area contributed by atoms with E-state index >= 15 is 0 Å². The monoisotopic (exact) mass is 322 g/mol. The molecule has 1 aromatic rings. The van der Waals surface area contributed by atoms with Gasteiger partial charge in [-0.15, -0.1) is 0 Å². The normalized spacial score (nSPS) is 23.3. The smallest absolute Gasteiger partial charge is 0.221 e. The lowest BCUT2D eigenvalue weighted by atomic mass is 10.2. The van der Waals surface area contributed by atoms with Crippen molar-refractivity contribution in [2.24, 2.45) is 0 Å². The number of hydrogen-bond donors (Lipinski definition) is 2. The van der Waals surface area contributed by atoms with E-state index in [1.807, 2.05) is 6.92 Å². The molecule has 2 N–H and O–H groups in total. The number of morpholine rings is 1. The van der Waals surface area contributed by atoms with E-state index < -0.39 is 6.10 Å². The molecule has 0 unspecified atom stereocenters. The Bertz CT molecular complexity index is 506. The second-order valence-electron chi connectivity index (χ2n) is 6.12. The standard InChI is InChI=1S/C17H26N2O4/c1-12-10-22-13(2)8-19(12)9-16(21)11-23-17-6-4-15(5-7-17)18-14(3)20/h4-7,12-13,16,21H,8-11H2,1-3H3,(H,18,20)/t12-,13-,16-/m1/s1. The molecule has 6 heteroatoms. The Morgan fingerprint density at radius 1 is 1.43 bits per heavy atom.